The molecule has 1 aliphatic heterocycles. The molecule has 1 fully saturated rings. The molecule has 0 radical (unpaired) electrons. The van der Waals surface area contributed by atoms with Gasteiger partial charge < -0.3 is 14.2 Å². The predicted octanol–water partition coefficient (Wildman–Crippen LogP) is 2.39. The zero-order chi connectivity index (χ0) is 17.8. The highest BCUT2D eigenvalue weighted by Crippen LogP contribution is 2.19. The first-order valence-corrected chi connectivity index (χ1v) is 8.68. The van der Waals surface area contributed by atoms with Crippen molar-refractivity contribution in [1.29, 1.82) is 0 Å². The lowest BCUT2D eigenvalue weighted by molar-refractivity contribution is -0.133. The number of aryl methyl sites for hydroxylation is 3. The molecule has 0 bridgehead atoms. The van der Waals surface area contributed by atoms with Gasteiger partial charge in [-0.3, -0.25) is 4.79 Å². The number of likely N-dealkylation sites (tertiary alicyclic amines) is 1. The molecule has 0 saturated carbocycles. The Morgan fingerprint density at radius 3 is 2.96 bits per heavy atom. The van der Waals surface area contributed by atoms with E-state index >= 15 is 0 Å². The van der Waals surface area contributed by atoms with Crippen molar-refractivity contribution in [3.05, 3.63) is 35.1 Å². The summed E-state index contributed by atoms with van der Waals surface area (Å²) in [5.74, 6) is 2.19. The van der Waals surface area contributed by atoms with Gasteiger partial charge in [0.15, 0.2) is 0 Å². The summed E-state index contributed by atoms with van der Waals surface area (Å²) in [4.78, 5) is 22.8. The minimum atomic E-state index is -0.0222. The van der Waals surface area contributed by atoms with E-state index in [-0.39, 0.29) is 12.0 Å². The fourth-order valence-electron chi connectivity index (χ4n) is 3.18. The van der Waals surface area contributed by atoms with Gasteiger partial charge in [0, 0.05) is 30.8 Å². The van der Waals surface area contributed by atoms with E-state index in [1.54, 1.807) is 12.3 Å². The van der Waals surface area contributed by atoms with Gasteiger partial charge in [0.05, 0.1) is 12.2 Å². The highest BCUT2D eigenvalue weighted by atomic mass is 16.5. The summed E-state index contributed by atoms with van der Waals surface area (Å²) in [5, 5.41) is 3.94. The van der Waals surface area contributed by atoms with Crippen LogP contribution in [0.2, 0.25) is 0 Å². The van der Waals surface area contributed by atoms with E-state index < -0.39 is 0 Å². The molecule has 0 N–H and O–H groups in total. The van der Waals surface area contributed by atoms with E-state index in [4.69, 9.17) is 9.26 Å². The first-order valence-electron chi connectivity index (χ1n) is 8.68. The molecule has 0 aromatic carbocycles. The third-order valence-corrected chi connectivity index (χ3v) is 4.54. The van der Waals surface area contributed by atoms with Crippen molar-refractivity contribution in [1.82, 2.24) is 20.0 Å². The van der Waals surface area contributed by atoms with Crippen molar-refractivity contribution in [3.63, 3.8) is 0 Å². The first kappa shape index (κ1) is 17.4. The van der Waals surface area contributed by atoms with Crippen LogP contribution in [-0.2, 0) is 11.2 Å². The van der Waals surface area contributed by atoms with Gasteiger partial charge in [-0.2, -0.15) is 4.98 Å². The Morgan fingerprint density at radius 1 is 1.40 bits per heavy atom. The lowest BCUT2D eigenvalue weighted by atomic mass is 10.1. The molecule has 2 aromatic heterocycles. The summed E-state index contributed by atoms with van der Waals surface area (Å²) >= 11 is 0. The van der Waals surface area contributed by atoms with Gasteiger partial charge in [-0.15, -0.1) is 0 Å². The Bertz CT molecular complexity index is 724. The van der Waals surface area contributed by atoms with Crippen molar-refractivity contribution in [2.24, 2.45) is 0 Å². The minimum absolute atomic E-state index is 0.0222. The van der Waals surface area contributed by atoms with Crippen LogP contribution < -0.4 is 4.74 Å². The molecule has 1 saturated heterocycles. The highest BCUT2D eigenvalue weighted by molar-refractivity contribution is 5.76. The zero-order valence-corrected chi connectivity index (χ0v) is 15.0. The van der Waals surface area contributed by atoms with Gasteiger partial charge in [0.2, 0.25) is 11.8 Å². The number of piperidine rings is 1. The molecule has 3 rings (SSSR count). The smallest absolute Gasteiger partial charge is 0.223 e. The Labute approximate surface area is 147 Å². The van der Waals surface area contributed by atoms with Gasteiger partial charge in [-0.05, 0) is 40.0 Å². The maximum atomic E-state index is 12.6. The Hall–Kier alpha value is -2.44. The molecule has 7 nitrogen and oxygen atoms in total. The third-order valence-electron chi connectivity index (χ3n) is 4.54. The maximum Gasteiger partial charge on any atom is 0.223 e. The number of hydrogen-bond donors (Lipinski definition) is 0. The topological polar surface area (TPSA) is 81.4 Å². The summed E-state index contributed by atoms with van der Waals surface area (Å²) in [5.41, 5.74) is 1.90. The molecule has 1 atom stereocenters. The van der Waals surface area contributed by atoms with Gasteiger partial charge in [-0.1, -0.05) is 5.16 Å². The Balaban J connectivity index is 1.54. The Kier molecular flexibility index (Phi) is 5.31. The molecule has 3 heterocycles. The summed E-state index contributed by atoms with van der Waals surface area (Å²) in [6, 6.07) is 1.76. The average Bonchev–Trinajstić information content (AvgIpc) is 2.91. The summed E-state index contributed by atoms with van der Waals surface area (Å²) in [6.07, 6.45) is 4.65. The number of hydrogen-bond acceptors (Lipinski definition) is 6. The number of carbonyl (C=O) groups is 1. The number of nitrogens with zero attached hydrogens (tertiary/aromatic N) is 4. The van der Waals surface area contributed by atoms with E-state index in [9.17, 15) is 4.79 Å². The van der Waals surface area contributed by atoms with Crippen molar-refractivity contribution in [2.45, 2.75) is 52.6 Å². The molecule has 1 amide bonds. The molecular weight excluding hydrogens is 320 g/mol. The Morgan fingerprint density at radius 2 is 2.24 bits per heavy atom. The number of aromatic nitrogens is 3. The first-order chi connectivity index (χ1) is 12.0. The van der Waals surface area contributed by atoms with Crippen LogP contribution in [0.1, 0.15) is 42.1 Å². The second-order valence-electron chi connectivity index (χ2n) is 6.47. The van der Waals surface area contributed by atoms with Gasteiger partial charge >= 0.3 is 0 Å². The van der Waals surface area contributed by atoms with Gasteiger partial charge in [0.1, 0.15) is 17.7 Å². The third kappa shape index (κ3) is 4.35. The molecule has 1 aliphatic rings. The van der Waals surface area contributed by atoms with Crippen LogP contribution in [0.3, 0.4) is 0 Å². The van der Waals surface area contributed by atoms with Crippen molar-refractivity contribution in [3.8, 4) is 5.88 Å². The van der Waals surface area contributed by atoms with Crippen molar-refractivity contribution in [2.75, 3.05) is 13.1 Å². The standard InChI is InChI=1S/C18H24N4O3/c1-12-16(13(2)25-21-12)6-7-18(23)22-10-4-5-15(11-22)24-17-8-9-19-14(3)20-17/h8-9,15H,4-7,10-11H2,1-3H3/t15-/m0/s1. The minimum Gasteiger partial charge on any atom is -0.472 e. The molecule has 0 aliphatic carbocycles. The molecule has 134 valence electrons. The quantitative estimate of drug-likeness (QED) is 0.828. The summed E-state index contributed by atoms with van der Waals surface area (Å²) < 4.78 is 11.1. The van der Waals surface area contributed by atoms with E-state index in [0.717, 1.165) is 36.4 Å². The molecule has 0 unspecified atom stereocenters. The monoisotopic (exact) mass is 344 g/mol. The highest BCUT2D eigenvalue weighted by Gasteiger charge is 2.25. The molecule has 25 heavy (non-hydrogen) atoms. The number of carbonyl (C=O) groups excluding carboxylic acids is 1. The number of amides is 1. The molecule has 2 aromatic rings. The van der Waals surface area contributed by atoms with E-state index in [1.165, 1.54) is 0 Å². The van der Waals surface area contributed by atoms with Crippen LogP contribution >= 0.6 is 0 Å². The molecular formula is C18H24N4O3. The fraction of sp³-hybridized carbons (Fsp3) is 0.556. The van der Waals surface area contributed by atoms with Crippen molar-refractivity contribution >= 4 is 5.91 Å². The SMILES string of the molecule is Cc1nccc(O[C@H]2CCCN(C(=O)CCc3c(C)noc3C)C2)n1. The zero-order valence-electron chi connectivity index (χ0n) is 15.0. The van der Waals surface area contributed by atoms with Crippen LogP contribution in [0.25, 0.3) is 0 Å². The van der Waals surface area contributed by atoms with E-state index in [0.29, 0.717) is 31.1 Å². The predicted molar refractivity (Wildman–Crippen MR) is 91.3 cm³/mol. The fourth-order valence-corrected chi connectivity index (χ4v) is 3.18. The second kappa shape index (κ2) is 7.63. The van der Waals surface area contributed by atoms with Crippen LogP contribution in [0.5, 0.6) is 5.88 Å². The van der Waals surface area contributed by atoms with Crippen molar-refractivity contribution < 1.29 is 14.1 Å². The normalized spacial score (nSPS) is 17.6. The lowest BCUT2D eigenvalue weighted by Crippen LogP contribution is -2.44. The second-order valence-corrected chi connectivity index (χ2v) is 6.47. The summed E-state index contributed by atoms with van der Waals surface area (Å²) in [7, 11) is 0. The number of rotatable bonds is 5. The largest absolute Gasteiger partial charge is 0.472 e. The van der Waals surface area contributed by atoms with Crippen LogP contribution in [0.15, 0.2) is 16.8 Å². The van der Waals surface area contributed by atoms with Crippen LogP contribution in [0.4, 0.5) is 0 Å². The average molecular weight is 344 g/mol. The van der Waals surface area contributed by atoms with Gasteiger partial charge in [0.25, 0.3) is 0 Å². The van der Waals surface area contributed by atoms with Crippen LogP contribution in [0, 0.1) is 20.8 Å². The van der Waals surface area contributed by atoms with E-state index in [1.807, 2.05) is 25.7 Å². The maximum absolute atomic E-state index is 12.6. The number of ether oxygens (including phenoxy) is 1. The molecule has 7 heteroatoms. The summed E-state index contributed by atoms with van der Waals surface area (Å²) in [6.45, 7) is 7.00. The van der Waals surface area contributed by atoms with Gasteiger partial charge in [-0.25, -0.2) is 4.98 Å². The van der Waals surface area contributed by atoms with Crippen LogP contribution in [-0.4, -0.2) is 45.1 Å². The molecule has 0 spiro atoms. The lowest BCUT2D eigenvalue weighted by Gasteiger charge is -2.32. The van der Waals surface area contributed by atoms with E-state index in [2.05, 4.69) is 15.1 Å².